The Morgan fingerprint density at radius 1 is 1.35 bits per heavy atom. The lowest BCUT2D eigenvalue weighted by Gasteiger charge is -2.40. The van der Waals surface area contributed by atoms with Gasteiger partial charge in [-0.05, 0) is 56.0 Å². The molecule has 0 amide bonds. The van der Waals surface area contributed by atoms with Crippen molar-refractivity contribution in [3.63, 3.8) is 0 Å². The highest BCUT2D eigenvalue weighted by atomic mass is 16.5. The predicted octanol–water partition coefficient (Wildman–Crippen LogP) is 2.73. The molecule has 1 aliphatic carbocycles. The zero-order valence-electron chi connectivity index (χ0n) is 10.5. The van der Waals surface area contributed by atoms with E-state index in [4.69, 9.17) is 4.74 Å². The number of fused-ring (bicyclic) bond motifs is 1. The van der Waals surface area contributed by atoms with E-state index in [1.165, 1.54) is 37.8 Å². The third kappa shape index (κ3) is 1.75. The molecule has 2 atom stereocenters. The number of rotatable bonds is 2. The quantitative estimate of drug-likeness (QED) is 0.845. The average molecular weight is 231 g/mol. The Bertz CT molecular complexity index is 404. The highest BCUT2D eigenvalue weighted by Gasteiger charge is 2.45. The van der Waals surface area contributed by atoms with Gasteiger partial charge in [0.05, 0.1) is 7.11 Å². The maximum absolute atomic E-state index is 5.38. The zero-order valence-corrected chi connectivity index (χ0v) is 10.5. The van der Waals surface area contributed by atoms with Gasteiger partial charge in [0.15, 0.2) is 0 Å². The van der Waals surface area contributed by atoms with Gasteiger partial charge in [-0.3, -0.25) is 0 Å². The standard InChI is InChI=1S/C15H21NO/c1-17-14-6-2-4-12(10-14)15-7-3-5-13(15)11-16-9-8-15/h2,4,6,10,13,16H,3,5,7-9,11H2,1H3. The summed E-state index contributed by atoms with van der Waals surface area (Å²) in [6.07, 6.45) is 5.39. The largest absolute Gasteiger partial charge is 0.497 e. The van der Waals surface area contributed by atoms with Crippen molar-refractivity contribution < 1.29 is 4.74 Å². The van der Waals surface area contributed by atoms with Crippen LogP contribution in [0.15, 0.2) is 24.3 Å². The van der Waals surface area contributed by atoms with Gasteiger partial charge < -0.3 is 10.1 Å². The van der Waals surface area contributed by atoms with Crippen LogP contribution in [0.5, 0.6) is 5.75 Å². The van der Waals surface area contributed by atoms with Crippen LogP contribution in [0.25, 0.3) is 0 Å². The van der Waals surface area contributed by atoms with Gasteiger partial charge in [-0.15, -0.1) is 0 Å². The second kappa shape index (κ2) is 4.34. The third-order valence-electron chi connectivity index (χ3n) is 4.74. The fourth-order valence-electron chi connectivity index (χ4n) is 3.82. The highest BCUT2D eigenvalue weighted by molar-refractivity contribution is 5.36. The molecule has 1 aliphatic heterocycles. The summed E-state index contributed by atoms with van der Waals surface area (Å²) in [7, 11) is 1.76. The maximum Gasteiger partial charge on any atom is 0.119 e. The first kappa shape index (κ1) is 11.1. The maximum atomic E-state index is 5.38. The molecular formula is C15H21NO. The Balaban J connectivity index is 1.99. The summed E-state index contributed by atoms with van der Waals surface area (Å²) in [4.78, 5) is 0. The van der Waals surface area contributed by atoms with Crippen LogP contribution in [0.4, 0.5) is 0 Å². The summed E-state index contributed by atoms with van der Waals surface area (Å²) >= 11 is 0. The van der Waals surface area contributed by atoms with Gasteiger partial charge in [-0.1, -0.05) is 18.6 Å². The molecule has 2 nitrogen and oxygen atoms in total. The van der Waals surface area contributed by atoms with Gasteiger partial charge in [0.25, 0.3) is 0 Å². The number of ether oxygens (including phenoxy) is 1. The molecule has 92 valence electrons. The molecule has 2 aliphatic rings. The molecule has 2 heteroatoms. The van der Waals surface area contributed by atoms with Crippen LogP contribution < -0.4 is 10.1 Å². The summed E-state index contributed by atoms with van der Waals surface area (Å²) < 4.78 is 5.38. The summed E-state index contributed by atoms with van der Waals surface area (Å²) in [5.41, 5.74) is 1.93. The van der Waals surface area contributed by atoms with Crippen molar-refractivity contribution in [3.05, 3.63) is 29.8 Å². The Morgan fingerprint density at radius 2 is 2.29 bits per heavy atom. The third-order valence-corrected chi connectivity index (χ3v) is 4.74. The second-order valence-electron chi connectivity index (χ2n) is 5.43. The minimum Gasteiger partial charge on any atom is -0.497 e. The van der Waals surface area contributed by atoms with Gasteiger partial charge in [-0.2, -0.15) is 0 Å². The molecule has 2 unspecified atom stereocenters. The minimum absolute atomic E-state index is 0.430. The van der Waals surface area contributed by atoms with Crippen LogP contribution in [0.1, 0.15) is 31.2 Å². The Hall–Kier alpha value is -1.02. The van der Waals surface area contributed by atoms with E-state index in [2.05, 4.69) is 23.5 Å². The molecule has 17 heavy (non-hydrogen) atoms. The van der Waals surface area contributed by atoms with Gasteiger partial charge in [0.2, 0.25) is 0 Å². The monoisotopic (exact) mass is 231 g/mol. The van der Waals surface area contributed by atoms with E-state index in [-0.39, 0.29) is 0 Å². The predicted molar refractivity (Wildman–Crippen MR) is 69.5 cm³/mol. The molecule has 2 fully saturated rings. The van der Waals surface area contributed by atoms with Crippen molar-refractivity contribution in [1.29, 1.82) is 0 Å². The van der Waals surface area contributed by atoms with Crippen molar-refractivity contribution in [3.8, 4) is 5.75 Å². The zero-order chi connectivity index (χ0) is 11.7. The van der Waals surface area contributed by atoms with E-state index in [1.54, 1.807) is 7.11 Å². The smallest absolute Gasteiger partial charge is 0.119 e. The molecule has 0 bridgehead atoms. The van der Waals surface area contributed by atoms with E-state index in [1.807, 2.05) is 6.07 Å². The lowest BCUT2D eigenvalue weighted by molar-refractivity contribution is 0.236. The van der Waals surface area contributed by atoms with Gasteiger partial charge in [0.1, 0.15) is 5.75 Å². The van der Waals surface area contributed by atoms with Crippen LogP contribution in [-0.2, 0) is 5.41 Å². The molecule has 1 N–H and O–H groups in total. The molecule has 3 rings (SSSR count). The minimum atomic E-state index is 0.430. The lowest BCUT2D eigenvalue weighted by Crippen LogP contribution is -2.44. The first-order valence-electron chi connectivity index (χ1n) is 6.70. The number of benzene rings is 1. The van der Waals surface area contributed by atoms with Gasteiger partial charge >= 0.3 is 0 Å². The van der Waals surface area contributed by atoms with Crippen molar-refractivity contribution >= 4 is 0 Å². The number of nitrogens with one attached hydrogen (secondary N) is 1. The molecule has 1 saturated carbocycles. The van der Waals surface area contributed by atoms with Crippen LogP contribution in [-0.4, -0.2) is 20.2 Å². The van der Waals surface area contributed by atoms with Crippen LogP contribution in [0, 0.1) is 5.92 Å². The second-order valence-corrected chi connectivity index (χ2v) is 5.43. The van der Waals surface area contributed by atoms with E-state index < -0.39 is 0 Å². The molecule has 1 aromatic rings. The SMILES string of the molecule is COc1cccc(C23CCCC2CNCC3)c1. The van der Waals surface area contributed by atoms with E-state index in [0.717, 1.165) is 18.2 Å². The Kier molecular flexibility index (Phi) is 2.83. The van der Waals surface area contributed by atoms with Crippen molar-refractivity contribution in [2.75, 3.05) is 20.2 Å². The lowest BCUT2D eigenvalue weighted by atomic mass is 9.68. The number of hydrogen-bond donors (Lipinski definition) is 1. The number of hydrogen-bond acceptors (Lipinski definition) is 2. The fraction of sp³-hybridized carbons (Fsp3) is 0.600. The van der Waals surface area contributed by atoms with Crippen molar-refractivity contribution in [1.82, 2.24) is 5.32 Å². The van der Waals surface area contributed by atoms with Crippen LogP contribution in [0.3, 0.4) is 0 Å². The highest BCUT2D eigenvalue weighted by Crippen LogP contribution is 2.49. The molecular weight excluding hydrogens is 210 g/mol. The summed E-state index contributed by atoms with van der Waals surface area (Å²) in [5.74, 6) is 1.82. The first-order chi connectivity index (χ1) is 8.35. The Labute approximate surface area is 103 Å². The van der Waals surface area contributed by atoms with Crippen molar-refractivity contribution in [2.45, 2.75) is 31.1 Å². The summed E-state index contributed by atoms with van der Waals surface area (Å²) in [6.45, 7) is 2.35. The van der Waals surface area contributed by atoms with Gasteiger partial charge in [-0.25, -0.2) is 0 Å². The topological polar surface area (TPSA) is 21.3 Å². The Morgan fingerprint density at radius 3 is 3.18 bits per heavy atom. The fourth-order valence-corrected chi connectivity index (χ4v) is 3.82. The summed E-state index contributed by atoms with van der Waals surface area (Å²) in [6, 6.07) is 8.74. The van der Waals surface area contributed by atoms with Crippen LogP contribution >= 0.6 is 0 Å². The molecule has 0 aromatic heterocycles. The van der Waals surface area contributed by atoms with E-state index in [0.29, 0.717) is 5.41 Å². The number of piperidine rings is 1. The van der Waals surface area contributed by atoms with E-state index >= 15 is 0 Å². The molecule has 1 aromatic carbocycles. The molecule has 0 spiro atoms. The van der Waals surface area contributed by atoms with Crippen molar-refractivity contribution in [2.24, 2.45) is 5.92 Å². The van der Waals surface area contributed by atoms with E-state index in [9.17, 15) is 0 Å². The van der Waals surface area contributed by atoms with Gasteiger partial charge in [0, 0.05) is 5.41 Å². The molecule has 1 heterocycles. The average Bonchev–Trinajstić information content (AvgIpc) is 2.84. The molecule has 1 saturated heterocycles. The normalized spacial score (nSPS) is 32.2. The molecule has 0 radical (unpaired) electrons. The summed E-state index contributed by atoms with van der Waals surface area (Å²) in [5, 5.41) is 3.55. The number of methoxy groups -OCH3 is 1. The first-order valence-corrected chi connectivity index (χ1v) is 6.70. The van der Waals surface area contributed by atoms with Crippen LogP contribution in [0.2, 0.25) is 0 Å².